The first-order valence-corrected chi connectivity index (χ1v) is 6.25. The average Bonchev–Trinajstić information content (AvgIpc) is 2.54. The number of aromatic nitrogens is 1. The maximum absolute atomic E-state index is 13.9. The highest BCUT2D eigenvalue weighted by Crippen LogP contribution is 2.64. The van der Waals surface area contributed by atoms with E-state index >= 15 is 0 Å². The van der Waals surface area contributed by atoms with E-state index < -0.39 is 41.5 Å². The molecule has 0 bridgehead atoms. The van der Waals surface area contributed by atoms with Gasteiger partial charge in [-0.05, 0) is 19.1 Å². The maximum atomic E-state index is 13.9. The zero-order chi connectivity index (χ0) is 19.5. The predicted molar refractivity (Wildman–Crippen MR) is 62.3 cm³/mol. The molecule has 1 N–H and O–H groups in total. The molecule has 1 saturated heterocycles. The Morgan fingerprint density at radius 3 is 2.08 bits per heavy atom. The fourth-order valence-electron chi connectivity index (χ4n) is 1.90. The Hall–Kier alpha value is -2.05. The number of carbonyl (C=O) groups excluding carboxylic acids is 1. The van der Waals surface area contributed by atoms with Crippen LogP contribution in [0.1, 0.15) is 5.69 Å². The van der Waals surface area contributed by atoms with Crippen LogP contribution in [0.3, 0.4) is 0 Å². The van der Waals surface area contributed by atoms with Crippen LogP contribution in [0, 0.1) is 6.92 Å². The van der Waals surface area contributed by atoms with Gasteiger partial charge in [0.15, 0.2) is 0 Å². The lowest BCUT2D eigenvalue weighted by Crippen LogP contribution is -2.63. The molecule has 1 aliphatic rings. The number of nitrogens with one attached hydrogen (secondary N) is 1. The minimum atomic E-state index is -6.72. The second-order valence-electron chi connectivity index (χ2n) is 5.06. The number of amides is 1. The van der Waals surface area contributed by atoms with Crippen molar-refractivity contribution < 1.29 is 49.0 Å². The molecule has 1 aliphatic heterocycles. The second-order valence-corrected chi connectivity index (χ2v) is 5.06. The molecule has 0 aliphatic carbocycles. The van der Waals surface area contributed by atoms with Crippen LogP contribution >= 0.6 is 0 Å². The van der Waals surface area contributed by atoms with Gasteiger partial charge in [0.2, 0.25) is 0 Å². The molecular formula is C12H7F9N2O2. The number of nitrogens with zero attached hydrogens (tertiary/aromatic N) is 1. The van der Waals surface area contributed by atoms with E-state index in [4.69, 9.17) is 0 Å². The van der Waals surface area contributed by atoms with Gasteiger partial charge in [0.05, 0.1) is 0 Å². The number of rotatable bonds is 3. The standard InChI is InChI=1S/C12H7F9N2O2/c1-5-3-2-4-6(22-5)23-7(24)8(13,14)11(19)9(15,16)10(17,18)12(20,21)25-11/h2-4H,1H3,(H,22,23,24). The summed E-state index contributed by atoms with van der Waals surface area (Å²) in [6.45, 7) is 1.33. The third-order valence-electron chi connectivity index (χ3n) is 3.25. The van der Waals surface area contributed by atoms with Crippen LogP contribution in [0.2, 0.25) is 0 Å². The predicted octanol–water partition coefficient (Wildman–Crippen LogP) is 3.52. The summed E-state index contributed by atoms with van der Waals surface area (Å²) in [6.07, 6.45) is -6.28. The number of alkyl halides is 9. The normalized spacial score (nSPS) is 27.1. The van der Waals surface area contributed by atoms with Crippen molar-refractivity contribution >= 4 is 11.7 Å². The number of pyridine rings is 1. The van der Waals surface area contributed by atoms with Crippen LogP contribution in [0.15, 0.2) is 18.2 Å². The van der Waals surface area contributed by atoms with Gasteiger partial charge in [-0.25, -0.2) is 4.98 Å². The number of aryl methyl sites for hydroxylation is 1. The Balaban J connectivity index is 2.42. The van der Waals surface area contributed by atoms with E-state index in [1.807, 2.05) is 0 Å². The van der Waals surface area contributed by atoms with Crippen molar-refractivity contribution in [2.75, 3.05) is 5.32 Å². The van der Waals surface area contributed by atoms with Crippen LogP contribution in [0.25, 0.3) is 0 Å². The Labute approximate surface area is 133 Å². The van der Waals surface area contributed by atoms with Gasteiger partial charge in [-0.15, -0.1) is 0 Å². The highest BCUT2D eigenvalue weighted by atomic mass is 19.4. The summed E-state index contributed by atoms with van der Waals surface area (Å²) >= 11 is 0. The highest BCUT2D eigenvalue weighted by molar-refractivity contribution is 5.96. The highest BCUT2D eigenvalue weighted by Gasteiger charge is 2.96. The summed E-state index contributed by atoms with van der Waals surface area (Å²) in [5, 5.41) is 1.17. The molecule has 0 spiro atoms. The number of anilines is 1. The van der Waals surface area contributed by atoms with Crippen molar-refractivity contribution in [3.05, 3.63) is 23.9 Å². The Bertz CT molecular complexity index is 710. The first kappa shape index (κ1) is 19.3. The molecule has 1 atom stereocenters. The van der Waals surface area contributed by atoms with Crippen LogP contribution in [0.5, 0.6) is 0 Å². The van der Waals surface area contributed by atoms with E-state index in [0.29, 0.717) is 0 Å². The van der Waals surface area contributed by atoms with Gasteiger partial charge in [0, 0.05) is 5.69 Å². The van der Waals surface area contributed by atoms with E-state index in [1.165, 1.54) is 24.4 Å². The quantitative estimate of drug-likeness (QED) is 0.814. The summed E-state index contributed by atoms with van der Waals surface area (Å²) < 4.78 is 122. The van der Waals surface area contributed by atoms with Gasteiger partial charge in [0.25, 0.3) is 0 Å². The van der Waals surface area contributed by atoms with E-state index in [0.717, 1.165) is 6.07 Å². The van der Waals surface area contributed by atoms with Crippen molar-refractivity contribution in [3.8, 4) is 0 Å². The van der Waals surface area contributed by atoms with Crippen molar-refractivity contribution in [2.45, 2.75) is 36.7 Å². The van der Waals surface area contributed by atoms with E-state index in [1.54, 1.807) is 0 Å². The van der Waals surface area contributed by atoms with E-state index in [-0.39, 0.29) is 5.69 Å². The minimum Gasteiger partial charge on any atom is -0.305 e. The molecule has 140 valence electrons. The third-order valence-corrected chi connectivity index (χ3v) is 3.25. The van der Waals surface area contributed by atoms with Crippen LogP contribution in [-0.2, 0) is 9.53 Å². The van der Waals surface area contributed by atoms with Gasteiger partial charge in [0.1, 0.15) is 5.82 Å². The van der Waals surface area contributed by atoms with Gasteiger partial charge in [-0.2, -0.15) is 39.5 Å². The van der Waals surface area contributed by atoms with E-state index in [9.17, 15) is 44.3 Å². The molecular weight excluding hydrogens is 375 g/mol. The zero-order valence-electron chi connectivity index (χ0n) is 11.9. The molecule has 2 rings (SSSR count). The summed E-state index contributed by atoms with van der Waals surface area (Å²) in [4.78, 5) is 14.9. The lowest BCUT2D eigenvalue weighted by molar-refractivity contribution is -0.366. The topological polar surface area (TPSA) is 51.2 Å². The van der Waals surface area contributed by atoms with Gasteiger partial charge in [-0.1, -0.05) is 6.07 Å². The minimum absolute atomic E-state index is 0.150. The first-order chi connectivity index (χ1) is 11.1. The molecule has 1 aromatic rings. The molecule has 1 fully saturated rings. The average molecular weight is 382 g/mol. The van der Waals surface area contributed by atoms with Crippen molar-refractivity contribution in [1.82, 2.24) is 4.98 Å². The molecule has 0 aromatic carbocycles. The summed E-state index contributed by atoms with van der Waals surface area (Å²) in [7, 11) is 0. The molecule has 1 aromatic heterocycles. The number of hydrogen-bond donors (Lipinski definition) is 1. The molecule has 25 heavy (non-hydrogen) atoms. The molecule has 2 heterocycles. The zero-order valence-corrected chi connectivity index (χ0v) is 11.9. The van der Waals surface area contributed by atoms with Crippen LogP contribution in [-0.4, -0.2) is 40.6 Å². The largest absolute Gasteiger partial charge is 0.428 e. The molecule has 1 unspecified atom stereocenters. The molecule has 4 nitrogen and oxygen atoms in total. The fraction of sp³-hybridized carbons (Fsp3) is 0.500. The Morgan fingerprint density at radius 2 is 1.64 bits per heavy atom. The lowest BCUT2D eigenvalue weighted by atomic mass is 9.99. The van der Waals surface area contributed by atoms with Crippen molar-refractivity contribution in [3.63, 3.8) is 0 Å². The molecule has 0 saturated carbocycles. The molecule has 1 amide bonds. The van der Waals surface area contributed by atoms with Crippen molar-refractivity contribution in [2.24, 2.45) is 0 Å². The van der Waals surface area contributed by atoms with E-state index in [2.05, 4.69) is 9.72 Å². The fourth-order valence-corrected chi connectivity index (χ4v) is 1.90. The summed E-state index contributed by atoms with van der Waals surface area (Å²) in [6, 6.07) is 3.38. The molecule has 13 heteroatoms. The smallest absolute Gasteiger partial charge is 0.305 e. The third kappa shape index (κ3) is 2.43. The van der Waals surface area contributed by atoms with Crippen LogP contribution < -0.4 is 5.32 Å². The number of halogens is 9. The van der Waals surface area contributed by atoms with Gasteiger partial charge in [-0.3, -0.25) is 9.53 Å². The number of hydrogen-bond acceptors (Lipinski definition) is 3. The lowest BCUT2D eigenvalue weighted by Gasteiger charge is -2.31. The SMILES string of the molecule is Cc1cccc(NC(=O)C(F)(F)C2(F)OC(F)(F)C(F)(F)C2(F)F)n1. The molecule has 0 radical (unpaired) electrons. The van der Waals surface area contributed by atoms with Gasteiger partial charge < -0.3 is 5.32 Å². The maximum Gasteiger partial charge on any atom is 0.428 e. The Kier molecular flexibility index (Phi) is 4.03. The van der Waals surface area contributed by atoms with Crippen molar-refractivity contribution in [1.29, 1.82) is 0 Å². The number of carbonyl (C=O) groups is 1. The van der Waals surface area contributed by atoms with Crippen LogP contribution in [0.4, 0.5) is 45.3 Å². The summed E-state index contributed by atoms with van der Waals surface area (Å²) in [5.74, 6) is -29.4. The first-order valence-electron chi connectivity index (χ1n) is 6.25. The second kappa shape index (κ2) is 5.22. The van der Waals surface area contributed by atoms with Gasteiger partial charge >= 0.3 is 35.6 Å². The summed E-state index contributed by atoms with van der Waals surface area (Å²) in [5.41, 5.74) is 0.150. The monoisotopic (exact) mass is 382 g/mol. The number of ether oxygens (including phenoxy) is 1. The Morgan fingerprint density at radius 1 is 1.08 bits per heavy atom.